The molecule has 0 bridgehead atoms. The standard InChI is InChI=1S/C8H10N6O2/c1-8(2,7(15)16)9-5-3-4-6-10-12-13-14(6)11-5/h3-4H,1-2H3,(H,9,11)(H,15,16). The minimum atomic E-state index is -1.10. The topological polar surface area (TPSA) is 105 Å². The summed E-state index contributed by atoms with van der Waals surface area (Å²) >= 11 is 0. The quantitative estimate of drug-likeness (QED) is 0.740. The van der Waals surface area contributed by atoms with Crippen molar-refractivity contribution in [3.63, 3.8) is 0 Å². The number of fused-ring (bicyclic) bond motifs is 1. The second kappa shape index (κ2) is 3.40. The molecule has 0 spiro atoms. The number of tetrazole rings is 1. The SMILES string of the molecule is CC(C)(Nc1ccc2nnnn2n1)C(=O)O. The molecule has 0 aliphatic heterocycles. The highest BCUT2D eigenvalue weighted by atomic mass is 16.4. The van der Waals surface area contributed by atoms with Crippen LogP contribution in [0.15, 0.2) is 12.1 Å². The van der Waals surface area contributed by atoms with Crippen molar-refractivity contribution in [2.24, 2.45) is 0 Å². The molecule has 84 valence electrons. The normalized spacial score (nSPS) is 11.6. The molecule has 0 saturated heterocycles. The van der Waals surface area contributed by atoms with E-state index in [0.717, 1.165) is 0 Å². The fourth-order valence-corrected chi connectivity index (χ4v) is 1.09. The number of aromatic nitrogens is 5. The van der Waals surface area contributed by atoms with Crippen molar-refractivity contribution in [3.8, 4) is 0 Å². The lowest BCUT2D eigenvalue weighted by Crippen LogP contribution is -2.40. The van der Waals surface area contributed by atoms with Crippen molar-refractivity contribution >= 4 is 17.4 Å². The third kappa shape index (κ3) is 1.76. The highest BCUT2D eigenvalue weighted by molar-refractivity contribution is 5.81. The van der Waals surface area contributed by atoms with Gasteiger partial charge in [0.15, 0.2) is 5.65 Å². The molecule has 8 heteroatoms. The number of carboxylic acid groups (broad SMARTS) is 1. The van der Waals surface area contributed by atoms with Gasteiger partial charge in [0, 0.05) is 0 Å². The van der Waals surface area contributed by atoms with Gasteiger partial charge in [-0.25, -0.2) is 4.79 Å². The molecule has 2 heterocycles. The van der Waals surface area contributed by atoms with Gasteiger partial charge >= 0.3 is 5.97 Å². The lowest BCUT2D eigenvalue weighted by atomic mass is 10.1. The molecule has 0 radical (unpaired) electrons. The van der Waals surface area contributed by atoms with E-state index in [1.54, 1.807) is 26.0 Å². The Hall–Kier alpha value is -2.25. The Morgan fingerprint density at radius 2 is 2.25 bits per heavy atom. The van der Waals surface area contributed by atoms with Crippen LogP contribution in [-0.2, 0) is 4.79 Å². The average Bonchev–Trinajstić information content (AvgIpc) is 2.63. The first-order valence-corrected chi connectivity index (χ1v) is 4.56. The minimum absolute atomic E-state index is 0.396. The van der Waals surface area contributed by atoms with Crippen LogP contribution in [-0.4, -0.2) is 41.9 Å². The molecule has 2 aromatic heterocycles. The molecule has 8 nitrogen and oxygen atoms in total. The number of hydrogen-bond donors (Lipinski definition) is 2. The zero-order chi connectivity index (χ0) is 11.8. The number of nitrogens with one attached hydrogen (secondary N) is 1. The molecule has 0 aliphatic rings. The molecule has 0 unspecified atom stereocenters. The van der Waals surface area contributed by atoms with Crippen molar-refractivity contribution in [3.05, 3.63) is 12.1 Å². The van der Waals surface area contributed by atoms with E-state index in [4.69, 9.17) is 5.11 Å². The molecule has 2 N–H and O–H groups in total. The van der Waals surface area contributed by atoms with E-state index in [9.17, 15) is 4.79 Å². The van der Waals surface area contributed by atoms with Crippen molar-refractivity contribution in [1.82, 2.24) is 25.3 Å². The first-order valence-electron chi connectivity index (χ1n) is 4.56. The summed E-state index contributed by atoms with van der Waals surface area (Å²) in [6, 6.07) is 3.27. The Balaban J connectivity index is 2.30. The van der Waals surface area contributed by atoms with E-state index in [-0.39, 0.29) is 0 Å². The van der Waals surface area contributed by atoms with Gasteiger partial charge in [0.2, 0.25) is 0 Å². The van der Waals surface area contributed by atoms with Crippen molar-refractivity contribution in [2.45, 2.75) is 19.4 Å². The van der Waals surface area contributed by atoms with Crippen molar-refractivity contribution in [1.29, 1.82) is 0 Å². The van der Waals surface area contributed by atoms with E-state index >= 15 is 0 Å². The molecule has 0 atom stereocenters. The van der Waals surface area contributed by atoms with E-state index in [0.29, 0.717) is 11.5 Å². The van der Waals surface area contributed by atoms with Crippen molar-refractivity contribution in [2.75, 3.05) is 5.32 Å². The molecule has 0 saturated carbocycles. The van der Waals surface area contributed by atoms with Crippen LogP contribution in [0.4, 0.5) is 5.82 Å². The molecule has 0 aromatic carbocycles. The number of aliphatic carboxylic acids is 1. The first-order chi connectivity index (χ1) is 7.49. The van der Waals surface area contributed by atoms with Crippen molar-refractivity contribution < 1.29 is 9.90 Å². The van der Waals surface area contributed by atoms with Crippen LogP contribution in [0.2, 0.25) is 0 Å². The number of nitrogens with zero attached hydrogens (tertiary/aromatic N) is 5. The van der Waals surface area contributed by atoms with E-state index in [2.05, 4.69) is 25.9 Å². The van der Waals surface area contributed by atoms with Gasteiger partial charge in [-0.1, -0.05) is 0 Å². The van der Waals surface area contributed by atoms with Crippen LogP contribution in [0.1, 0.15) is 13.8 Å². The maximum Gasteiger partial charge on any atom is 0.328 e. The van der Waals surface area contributed by atoms with Gasteiger partial charge in [-0.2, -0.15) is 0 Å². The maximum absolute atomic E-state index is 10.9. The maximum atomic E-state index is 10.9. The Bertz CT molecular complexity index is 534. The van der Waals surface area contributed by atoms with Crippen LogP contribution in [0, 0.1) is 0 Å². The monoisotopic (exact) mass is 222 g/mol. The summed E-state index contributed by atoms with van der Waals surface area (Å²) in [6.45, 7) is 3.08. The number of anilines is 1. The molecular formula is C8H10N6O2. The van der Waals surface area contributed by atoms with Crippen LogP contribution in [0.25, 0.3) is 5.65 Å². The second-order valence-corrected chi connectivity index (χ2v) is 3.80. The highest BCUT2D eigenvalue weighted by Crippen LogP contribution is 2.12. The van der Waals surface area contributed by atoms with Gasteiger partial charge in [0.05, 0.1) is 0 Å². The summed E-state index contributed by atoms with van der Waals surface area (Å²) in [4.78, 5) is 10.9. The van der Waals surface area contributed by atoms with E-state index in [1.165, 1.54) is 4.63 Å². The number of rotatable bonds is 3. The molecule has 0 aliphatic carbocycles. The molecule has 16 heavy (non-hydrogen) atoms. The third-order valence-corrected chi connectivity index (χ3v) is 2.04. The van der Waals surface area contributed by atoms with Gasteiger partial charge in [-0.3, -0.25) is 0 Å². The summed E-state index contributed by atoms with van der Waals surface area (Å²) in [7, 11) is 0. The van der Waals surface area contributed by atoms with E-state index < -0.39 is 11.5 Å². The summed E-state index contributed by atoms with van der Waals surface area (Å²) in [5, 5.41) is 26.4. The molecule has 0 amide bonds. The Kier molecular flexibility index (Phi) is 2.18. The fourth-order valence-electron chi connectivity index (χ4n) is 1.09. The fraction of sp³-hybridized carbons (Fsp3) is 0.375. The van der Waals surface area contributed by atoms with Gasteiger partial charge in [-0.05, 0) is 36.4 Å². The van der Waals surface area contributed by atoms with Gasteiger partial charge < -0.3 is 10.4 Å². The number of hydrogen-bond acceptors (Lipinski definition) is 6. The number of carboxylic acids is 1. The molecule has 2 rings (SSSR count). The Morgan fingerprint density at radius 3 is 2.94 bits per heavy atom. The predicted molar refractivity (Wildman–Crippen MR) is 53.9 cm³/mol. The zero-order valence-corrected chi connectivity index (χ0v) is 8.75. The largest absolute Gasteiger partial charge is 0.480 e. The second-order valence-electron chi connectivity index (χ2n) is 3.80. The van der Waals surface area contributed by atoms with Crippen LogP contribution in [0.3, 0.4) is 0 Å². The lowest BCUT2D eigenvalue weighted by molar-refractivity contribution is -0.141. The third-order valence-electron chi connectivity index (χ3n) is 2.04. The molecule has 2 aromatic rings. The summed E-state index contributed by atoms with van der Waals surface area (Å²) in [5.74, 6) is -0.571. The van der Waals surface area contributed by atoms with E-state index in [1.807, 2.05) is 0 Å². The van der Waals surface area contributed by atoms with Gasteiger partial charge in [0.1, 0.15) is 11.4 Å². The average molecular weight is 222 g/mol. The van der Waals surface area contributed by atoms with Crippen LogP contribution in [0.5, 0.6) is 0 Å². The zero-order valence-electron chi connectivity index (χ0n) is 8.75. The van der Waals surface area contributed by atoms with Gasteiger partial charge in [-0.15, -0.1) is 14.8 Å². The Morgan fingerprint density at radius 1 is 1.50 bits per heavy atom. The van der Waals surface area contributed by atoms with Crippen LogP contribution >= 0.6 is 0 Å². The molecular weight excluding hydrogens is 212 g/mol. The minimum Gasteiger partial charge on any atom is -0.480 e. The molecule has 0 fully saturated rings. The highest BCUT2D eigenvalue weighted by Gasteiger charge is 2.27. The number of carbonyl (C=O) groups is 1. The summed E-state index contributed by atoms with van der Waals surface area (Å²) in [6.07, 6.45) is 0. The summed E-state index contributed by atoms with van der Waals surface area (Å²) in [5.41, 5.74) is -0.604. The predicted octanol–water partition coefficient (Wildman–Crippen LogP) is -0.206. The lowest BCUT2D eigenvalue weighted by Gasteiger charge is -2.21. The Labute approximate surface area is 90.3 Å². The van der Waals surface area contributed by atoms with Gasteiger partial charge in [0.25, 0.3) is 0 Å². The first kappa shape index (κ1) is 10.3. The summed E-state index contributed by atoms with van der Waals surface area (Å²) < 4.78 is 1.22. The smallest absolute Gasteiger partial charge is 0.328 e. The van der Waals surface area contributed by atoms with Crippen LogP contribution < -0.4 is 5.32 Å².